The van der Waals surface area contributed by atoms with E-state index in [0.29, 0.717) is 16.4 Å². The van der Waals surface area contributed by atoms with Crippen molar-refractivity contribution >= 4 is 35.0 Å². The normalized spacial score (nSPS) is 10.6. The molecule has 0 atom stereocenters. The van der Waals surface area contributed by atoms with Crippen molar-refractivity contribution in [3.63, 3.8) is 0 Å². The first-order valence-corrected chi connectivity index (χ1v) is 6.48. The van der Waals surface area contributed by atoms with E-state index in [0.717, 1.165) is 0 Å². The number of anilines is 1. The van der Waals surface area contributed by atoms with Crippen LogP contribution in [0.2, 0.25) is 5.28 Å². The van der Waals surface area contributed by atoms with Crippen LogP contribution in [-0.4, -0.2) is 27.7 Å². The number of halogens is 1. The van der Waals surface area contributed by atoms with E-state index < -0.39 is 0 Å². The second-order valence-electron chi connectivity index (χ2n) is 3.81. The summed E-state index contributed by atoms with van der Waals surface area (Å²) in [7, 11) is 0. The van der Waals surface area contributed by atoms with Crippen LogP contribution in [-0.2, 0) is 4.79 Å². The first kappa shape index (κ1) is 14.1. The number of nitrogens with zero attached hydrogens (tertiary/aromatic N) is 2. The largest absolute Gasteiger partial charge is 0.395 e. The van der Waals surface area contributed by atoms with Gasteiger partial charge < -0.3 is 11.1 Å². The molecule has 5 nitrogen and oxygen atoms in total. The minimum atomic E-state index is -0.0585. The summed E-state index contributed by atoms with van der Waals surface area (Å²) in [4.78, 5) is 19.4. The fraction of sp³-hybridized carbons (Fsp3) is 0.500. The molecule has 0 radical (unpaired) electrons. The summed E-state index contributed by atoms with van der Waals surface area (Å²) < 4.78 is 0. The van der Waals surface area contributed by atoms with Gasteiger partial charge in [0.05, 0.1) is 17.1 Å². The Balaban J connectivity index is 2.66. The summed E-state index contributed by atoms with van der Waals surface area (Å²) in [5.74, 6) is 0.201. The molecule has 1 aromatic heterocycles. The van der Waals surface area contributed by atoms with Gasteiger partial charge in [0.15, 0.2) is 0 Å². The Kier molecular flexibility index (Phi) is 5.02. The first-order valence-electron chi connectivity index (χ1n) is 5.12. The summed E-state index contributed by atoms with van der Waals surface area (Å²) in [5, 5.41) is 3.47. The Hall–Kier alpha value is -1.01. The molecule has 0 unspecified atom stereocenters. The topological polar surface area (TPSA) is 80.9 Å². The molecular weight excluding hydrogens is 260 g/mol. The molecule has 0 saturated heterocycles. The number of amides is 1. The molecule has 0 fully saturated rings. The molecule has 0 spiro atoms. The maximum Gasteiger partial charge on any atom is 0.230 e. The highest BCUT2D eigenvalue weighted by Gasteiger charge is 2.11. The summed E-state index contributed by atoms with van der Waals surface area (Å²) >= 11 is 6.98. The van der Waals surface area contributed by atoms with Crippen molar-refractivity contribution < 1.29 is 4.79 Å². The average Bonchev–Trinajstić information content (AvgIpc) is 2.20. The van der Waals surface area contributed by atoms with Crippen molar-refractivity contribution in [2.75, 3.05) is 11.5 Å². The summed E-state index contributed by atoms with van der Waals surface area (Å²) in [5.41, 5.74) is 6.89. The molecule has 17 heavy (non-hydrogen) atoms. The number of hydrogen-bond acceptors (Lipinski definition) is 5. The van der Waals surface area contributed by atoms with Crippen molar-refractivity contribution in [1.82, 2.24) is 15.3 Å². The number of hydrogen-bond donors (Lipinski definition) is 2. The maximum atomic E-state index is 11.5. The van der Waals surface area contributed by atoms with Gasteiger partial charge in [-0.05, 0) is 32.4 Å². The van der Waals surface area contributed by atoms with Gasteiger partial charge in [0.2, 0.25) is 11.2 Å². The zero-order valence-corrected chi connectivity index (χ0v) is 11.5. The highest BCUT2D eigenvalue weighted by molar-refractivity contribution is 8.00. The lowest BCUT2D eigenvalue weighted by molar-refractivity contribution is -0.119. The molecule has 0 aromatic carbocycles. The number of aryl methyl sites for hydroxylation is 1. The van der Waals surface area contributed by atoms with E-state index in [1.54, 1.807) is 6.92 Å². The second-order valence-corrected chi connectivity index (χ2v) is 5.11. The van der Waals surface area contributed by atoms with Gasteiger partial charge in [-0.3, -0.25) is 4.79 Å². The van der Waals surface area contributed by atoms with Gasteiger partial charge >= 0.3 is 0 Å². The summed E-state index contributed by atoms with van der Waals surface area (Å²) in [6, 6.07) is 0.121. The van der Waals surface area contributed by atoms with Crippen LogP contribution >= 0.6 is 23.4 Å². The third kappa shape index (κ3) is 4.40. The standard InChI is InChI=1S/C10H15ClN4OS/c1-5(2)13-7(16)4-17-9-8(12)6(3)14-10(11)15-9/h5H,4,12H2,1-3H3,(H,13,16). The number of rotatable bonds is 4. The first-order chi connectivity index (χ1) is 7.90. The van der Waals surface area contributed by atoms with Crippen LogP contribution in [0.3, 0.4) is 0 Å². The number of nitrogens with two attached hydrogens (primary N) is 1. The van der Waals surface area contributed by atoms with Crippen molar-refractivity contribution in [1.29, 1.82) is 0 Å². The third-order valence-electron chi connectivity index (χ3n) is 1.86. The SMILES string of the molecule is Cc1nc(Cl)nc(SCC(=O)NC(C)C)c1N. The lowest BCUT2D eigenvalue weighted by atomic mass is 10.4. The fourth-order valence-corrected chi connectivity index (χ4v) is 2.20. The maximum absolute atomic E-state index is 11.5. The molecule has 1 rings (SSSR count). The van der Waals surface area contributed by atoms with Crippen LogP contribution in [0, 0.1) is 6.92 Å². The van der Waals surface area contributed by atoms with E-state index in [-0.39, 0.29) is 23.0 Å². The van der Waals surface area contributed by atoms with Gasteiger partial charge in [-0.1, -0.05) is 11.8 Å². The van der Waals surface area contributed by atoms with Crippen molar-refractivity contribution in [2.24, 2.45) is 0 Å². The molecule has 3 N–H and O–H groups in total. The number of carbonyl (C=O) groups is 1. The second kappa shape index (κ2) is 6.07. The molecule has 94 valence electrons. The molecule has 0 bridgehead atoms. The lowest BCUT2D eigenvalue weighted by Crippen LogP contribution is -2.31. The molecule has 0 aliphatic heterocycles. The van der Waals surface area contributed by atoms with Crippen LogP contribution in [0.1, 0.15) is 19.5 Å². The number of aromatic nitrogens is 2. The van der Waals surface area contributed by atoms with E-state index in [9.17, 15) is 4.79 Å². The van der Waals surface area contributed by atoms with Crippen LogP contribution in [0.25, 0.3) is 0 Å². The molecule has 1 heterocycles. The zero-order valence-electron chi connectivity index (χ0n) is 9.95. The number of carbonyl (C=O) groups excluding carboxylic acids is 1. The molecular formula is C10H15ClN4OS. The van der Waals surface area contributed by atoms with Crippen LogP contribution < -0.4 is 11.1 Å². The third-order valence-corrected chi connectivity index (χ3v) is 3.02. The van der Waals surface area contributed by atoms with Crippen molar-refractivity contribution in [2.45, 2.75) is 31.8 Å². The van der Waals surface area contributed by atoms with Crippen LogP contribution in [0.15, 0.2) is 5.03 Å². The highest BCUT2D eigenvalue weighted by Crippen LogP contribution is 2.25. The fourth-order valence-electron chi connectivity index (χ4n) is 1.13. The Morgan fingerprint density at radius 1 is 1.53 bits per heavy atom. The highest BCUT2D eigenvalue weighted by atomic mass is 35.5. The smallest absolute Gasteiger partial charge is 0.230 e. The van der Waals surface area contributed by atoms with Gasteiger partial charge in [-0.15, -0.1) is 0 Å². The predicted octanol–water partition coefficient (Wildman–Crippen LogP) is 1.64. The minimum Gasteiger partial charge on any atom is -0.395 e. The molecule has 0 saturated carbocycles. The van der Waals surface area contributed by atoms with E-state index in [2.05, 4.69) is 15.3 Å². The predicted molar refractivity (Wildman–Crippen MR) is 70.2 cm³/mol. The van der Waals surface area contributed by atoms with Gasteiger partial charge in [-0.2, -0.15) is 0 Å². The van der Waals surface area contributed by atoms with E-state index >= 15 is 0 Å². The number of thioether (sulfide) groups is 1. The molecule has 0 aliphatic rings. The quantitative estimate of drug-likeness (QED) is 0.496. The Morgan fingerprint density at radius 3 is 2.76 bits per heavy atom. The van der Waals surface area contributed by atoms with Crippen LogP contribution in [0.5, 0.6) is 0 Å². The minimum absolute atomic E-state index is 0.0585. The van der Waals surface area contributed by atoms with Crippen molar-refractivity contribution in [3.05, 3.63) is 11.0 Å². The van der Waals surface area contributed by atoms with Crippen LogP contribution in [0.4, 0.5) is 5.69 Å². The Labute approximate surface area is 110 Å². The van der Waals surface area contributed by atoms with Crippen molar-refractivity contribution in [3.8, 4) is 0 Å². The van der Waals surface area contributed by atoms with Gasteiger partial charge in [0.25, 0.3) is 0 Å². The van der Waals surface area contributed by atoms with E-state index in [1.165, 1.54) is 11.8 Å². The molecule has 1 amide bonds. The number of nitrogen functional groups attached to an aromatic ring is 1. The summed E-state index contributed by atoms with van der Waals surface area (Å²) in [6.45, 7) is 5.56. The molecule has 0 aliphatic carbocycles. The van der Waals surface area contributed by atoms with Gasteiger partial charge in [-0.25, -0.2) is 9.97 Å². The Morgan fingerprint density at radius 2 is 2.18 bits per heavy atom. The van der Waals surface area contributed by atoms with E-state index in [4.69, 9.17) is 17.3 Å². The lowest BCUT2D eigenvalue weighted by Gasteiger charge is -2.09. The molecule has 1 aromatic rings. The summed E-state index contributed by atoms with van der Waals surface area (Å²) in [6.07, 6.45) is 0. The monoisotopic (exact) mass is 274 g/mol. The Bertz CT molecular complexity index is 425. The average molecular weight is 275 g/mol. The van der Waals surface area contributed by atoms with E-state index in [1.807, 2.05) is 13.8 Å². The number of nitrogens with one attached hydrogen (secondary N) is 1. The zero-order chi connectivity index (χ0) is 13.0. The molecule has 7 heteroatoms. The van der Waals surface area contributed by atoms with Gasteiger partial charge in [0.1, 0.15) is 5.03 Å². The van der Waals surface area contributed by atoms with Gasteiger partial charge in [0, 0.05) is 6.04 Å².